The number of hydrogen-bond acceptors (Lipinski definition) is 3. The summed E-state index contributed by atoms with van der Waals surface area (Å²) in [6.45, 7) is 4.07. The minimum absolute atomic E-state index is 0.156. The van der Waals surface area contributed by atoms with Gasteiger partial charge in [-0.15, -0.1) is 0 Å². The molecule has 2 N–H and O–H groups in total. The van der Waals surface area contributed by atoms with Crippen molar-refractivity contribution in [1.29, 1.82) is 0 Å². The number of nitrogens with one attached hydrogen (secondary N) is 1. The zero-order valence-electron chi connectivity index (χ0n) is 8.82. The summed E-state index contributed by atoms with van der Waals surface area (Å²) in [4.78, 5) is 0. The lowest BCUT2D eigenvalue weighted by atomic mass is 10.2. The molecule has 0 saturated heterocycles. The Kier molecular flexibility index (Phi) is 3.77. The van der Waals surface area contributed by atoms with Gasteiger partial charge >= 0.3 is 0 Å². The summed E-state index contributed by atoms with van der Waals surface area (Å²) < 4.78 is 5.20. The predicted octanol–water partition coefficient (Wildman–Crippen LogP) is 2.23. The molecule has 1 rings (SSSR count). The molecule has 0 aromatic heterocycles. The van der Waals surface area contributed by atoms with Gasteiger partial charge in [-0.2, -0.15) is 0 Å². The molecule has 2 unspecified atom stereocenters. The molecular weight excluding hydrogens is 178 g/mol. The first-order chi connectivity index (χ1) is 6.63. The van der Waals surface area contributed by atoms with E-state index < -0.39 is 0 Å². The molecule has 0 saturated carbocycles. The minimum atomic E-state index is 0.156. The fourth-order valence-electron chi connectivity index (χ4n) is 1.14. The van der Waals surface area contributed by atoms with Crippen molar-refractivity contribution in [3.8, 4) is 5.75 Å². The molecule has 0 spiro atoms. The number of anilines is 1. The van der Waals surface area contributed by atoms with Gasteiger partial charge in [0.1, 0.15) is 5.75 Å². The maximum Gasteiger partial charge on any atom is 0.115 e. The van der Waals surface area contributed by atoms with Gasteiger partial charge in [0.2, 0.25) is 0 Å². The maximum atomic E-state index is 9.09. The van der Waals surface area contributed by atoms with Gasteiger partial charge in [-0.3, -0.25) is 0 Å². The van der Waals surface area contributed by atoms with E-state index in [9.17, 15) is 0 Å². The molecule has 3 heteroatoms. The highest BCUT2D eigenvalue weighted by molar-refractivity contribution is 5.46. The van der Waals surface area contributed by atoms with Crippen LogP contribution in [-0.4, -0.2) is 24.4 Å². The number of aromatic hydroxyl groups is 1. The quantitative estimate of drug-likeness (QED) is 0.724. The Bertz CT molecular complexity index is 271. The van der Waals surface area contributed by atoms with Crippen LogP contribution >= 0.6 is 0 Å². The average molecular weight is 195 g/mol. The van der Waals surface area contributed by atoms with E-state index in [2.05, 4.69) is 12.2 Å². The molecule has 1 aromatic rings. The summed E-state index contributed by atoms with van der Waals surface area (Å²) in [6.07, 6.45) is 0.156. The van der Waals surface area contributed by atoms with E-state index in [1.165, 1.54) is 0 Å². The maximum absolute atomic E-state index is 9.09. The molecule has 2 atom stereocenters. The van der Waals surface area contributed by atoms with Crippen LogP contribution in [0, 0.1) is 0 Å². The SMILES string of the molecule is COC(C)C(C)Nc1ccc(O)cc1. The zero-order chi connectivity index (χ0) is 10.6. The molecule has 0 amide bonds. The topological polar surface area (TPSA) is 41.5 Å². The zero-order valence-corrected chi connectivity index (χ0v) is 8.82. The van der Waals surface area contributed by atoms with Crippen LogP contribution in [0.15, 0.2) is 24.3 Å². The first kappa shape index (κ1) is 10.9. The highest BCUT2D eigenvalue weighted by atomic mass is 16.5. The van der Waals surface area contributed by atoms with Crippen LogP contribution < -0.4 is 5.32 Å². The van der Waals surface area contributed by atoms with E-state index in [4.69, 9.17) is 9.84 Å². The standard InChI is InChI=1S/C11H17NO2/c1-8(9(2)14-3)12-10-4-6-11(13)7-5-10/h4-9,12-13H,1-3H3. The lowest BCUT2D eigenvalue weighted by Gasteiger charge is -2.20. The van der Waals surface area contributed by atoms with Crippen molar-refractivity contribution >= 4 is 5.69 Å². The molecule has 1 aromatic carbocycles. The molecule has 0 bridgehead atoms. The molecule has 0 aliphatic heterocycles. The Morgan fingerprint density at radius 3 is 2.29 bits per heavy atom. The van der Waals surface area contributed by atoms with Crippen molar-refractivity contribution < 1.29 is 9.84 Å². The summed E-state index contributed by atoms with van der Waals surface area (Å²) in [5, 5.41) is 12.4. The summed E-state index contributed by atoms with van der Waals surface area (Å²) in [5.74, 6) is 0.281. The van der Waals surface area contributed by atoms with Gasteiger partial charge in [0.15, 0.2) is 0 Å². The second-order valence-electron chi connectivity index (χ2n) is 3.42. The van der Waals surface area contributed by atoms with Crippen molar-refractivity contribution in [1.82, 2.24) is 0 Å². The third-order valence-corrected chi connectivity index (χ3v) is 2.34. The molecule has 78 valence electrons. The van der Waals surface area contributed by atoms with Gasteiger partial charge < -0.3 is 15.2 Å². The molecule has 14 heavy (non-hydrogen) atoms. The molecule has 0 aliphatic carbocycles. The highest BCUT2D eigenvalue weighted by Gasteiger charge is 2.09. The number of ether oxygens (including phenoxy) is 1. The summed E-state index contributed by atoms with van der Waals surface area (Å²) in [6, 6.07) is 7.24. The Balaban J connectivity index is 2.56. The molecule has 0 fully saturated rings. The van der Waals surface area contributed by atoms with Crippen molar-refractivity contribution in [3.05, 3.63) is 24.3 Å². The number of methoxy groups -OCH3 is 1. The van der Waals surface area contributed by atoms with Crippen molar-refractivity contribution in [3.63, 3.8) is 0 Å². The van der Waals surface area contributed by atoms with E-state index >= 15 is 0 Å². The van der Waals surface area contributed by atoms with E-state index in [0.29, 0.717) is 0 Å². The van der Waals surface area contributed by atoms with Crippen molar-refractivity contribution in [2.75, 3.05) is 12.4 Å². The fourth-order valence-corrected chi connectivity index (χ4v) is 1.14. The molecule has 0 heterocycles. The lowest BCUT2D eigenvalue weighted by molar-refractivity contribution is 0.106. The fraction of sp³-hybridized carbons (Fsp3) is 0.455. The average Bonchev–Trinajstić information content (AvgIpc) is 2.20. The van der Waals surface area contributed by atoms with Crippen molar-refractivity contribution in [2.45, 2.75) is 26.0 Å². The largest absolute Gasteiger partial charge is 0.508 e. The molecular formula is C11H17NO2. The summed E-state index contributed by atoms with van der Waals surface area (Å²) >= 11 is 0. The van der Waals surface area contributed by atoms with Crippen LogP contribution in [0.1, 0.15) is 13.8 Å². The van der Waals surface area contributed by atoms with Crippen LogP contribution in [0.2, 0.25) is 0 Å². The van der Waals surface area contributed by atoms with Gasteiger partial charge in [-0.05, 0) is 38.1 Å². The van der Waals surface area contributed by atoms with E-state index in [1.54, 1.807) is 19.2 Å². The van der Waals surface area contributed by atoms with Gasteiger partial charge in [0.05, 0.1) is 6.10 Å². The monoisotopic (exact) mass is 195 g/mol. The molecule has 0 aliphatic rings. The van der Waals surface area contributed by atoms with Gasteiger partial charge in [-0.1, -0.05) is 0 Å². The number of rotatable bonds is 4. The van der Waals surface area contributed by atoms with Crippen LogP contribution in [0.4, 0.5) is 5.69 Å². The number of phenolic OH excluding ortho intramolecular Hbond substituents is 1. The van der Waals surface area contributed by atoms with Gasteiger partial charge in [-0.25, -0.2) is 0 Å². The second kappa shape index (κ2) is 4.86. The summed E-state index contributed by atoms with van der Waals surface area (Å²) in [7, 11) is 1.69. The first-order valence-corrected chi connectivity index (χ1v) is 4.72. The van der Waals surface area contributed by atoms with Gasteiger partial charge in [0.25, 0.3) is 0 Å². The normalized spacial score (nSPS) is 14.8. The highest BCUT2D eigenvalue weighted by Crippen LogP contribution is 2.15. The van der Waals surface area contributed by atoms with Crippen LogP contribution in [0.3, 0.4) is 0 Å². The van der Waals surface area contributed by atoms with Crippen LogP contribution in [-0.2, 0) is 4.74 Å². The Morgan fingerprint density at radius 2 is 1.79 bits per heavy atom. The van der Waals surface area contributed by atoms with E-state index in [-0.39, 0.29) is 17.9 Å². The Labute approximate surface area is 84.7 Å². The van der Waals surface area contributed by atoms with E-state index in [0.717, 1.165) is 5.69 Å². The number of hydrogen-bond donors (Lipinski definition) is 2. The molecule has 3 nitrogen and oxygen atoms in total. The number of benzene rings is 1. The summed E-state index contributed by atoms with van der Waals surface area (Å²) in [5.41, 5.74) is 0.985. The van der Waals surface area contributed by atoms with E-state index in [1.807, 2.05) is 19.1 Å². The third-order valence-electron chi connectivity index (χ3n) is 2.34. The van der Waals surface area contributed by atoms with Crippen molar-refractivity contribution in [2.24, 2.45) is 0 Å². The third kappa shape index (κ3) is 2.92. The minimum Gasteiger partial charge on any atom is -0.508 e. The smallest absolute Gasteiger partial charge is 0.115 e. The number of phenols is 1. The van der Waals surface area contributed by atoms with Crippen LogP contribution in [0.25, 0.3) is 0 Å². The first-order valence-electron chi connectivity index (χ1n) is 4.72. The predicted molar refractivity (Wildman–Crippen MR) is 57.7 cm³/mol. The van der Waals surface area contributed by atoms with Crippen LogP contribution in [0.5, 0.6) is 5.75 Å². The Morgan fingerprint density at radius 1 is 1.21 bits per heavy atom. The van der Waals surface area contributed by atoms with Gasteiger partial charge in [0, 0.05) is 18.8 Å². The molecule has 0 radical (unpaired) electrons. The lowest BCUT2D eigenvalue weighted by Crippen LogP contribution is -2.29. The second-order valence-corrected chi connectivity index (χ2v) is 3.42. The Hall–Kier alpha value is -1.22.